The van der Waals surface area contributed by atoms with Crippen LogP contribution >= 0.6 is 0 Å². The van der Waals surface area contributed by atoms with Crippen molar-refractivity contribution < 1.29 is 19.2 Å². The van der Waals surface area contributed by atoms with Gasteiger partial charge in [0.05, 0.1) is 11.1 Å². The monoisotopic (exact) mass is 282 g/mol. The molecule has 6 heteroatoms. The van der Waals surface area contributed by atoms with E-state index in [1.54, 1.807) is 27.7 Å². The number of carboxylic acids is 1. The molecule has 1 rings (SSSR count). The Hall–Kier alpha value is -1.85. The average molecular weight is 282 g/mol. The van der Waals surface area contributed by atoms with E-state index < -0.39 is 11.4 Å². The molecule has 0 aliphatic carbocycles. The smallest absolute Gasteiger partial charge is 0.310 e. The summed E-state index contributed by atoms with van der Waals surface area (Å²) in [5.41, 5.74) is 0.591. The summed E-state index contributed by atoms with van der Waals surface area (Å²) < 4.78 is 5.01. The zero-order chi connectivity index (χ0) is 15.3. The standard InChI is InChI=1S/C14H22N2O4/c1-5-14(6-2,13(18)19)7-12(17)15-8-11-9(3)16-20-10(11)4/h5-8H2,1-4H3,(H,15,17)(H,18,19). The Morgan fingerprint density at radius 2 is 1.90 bits per heavy atom. The van der Waals surface area contributed by atoms with Crippen LogP contribution in [0.5, 0.6) is 0 Å². The fraction of sp³-hybridized carbons (Fsp3) is 0.643. The molecule has 2 N–H and O–H groups in total. The van der Waals surface area contributed by atoms with Crippen molar-refractivity contribution in [2.45, 2.75) is 53.5 Å². The predicted molar refractivity (Wildman–Crippen MR) is 73.1 cm³/mol. The maximum atomic E-state index is 12.0. The van der Waals surface area contributed by atoms with E-state index in [1.807, 2.05) is 0 Å². The highest BCUT2D eigenvalue weighted by molar-refractivity contribution is 5.84. The van der Waals surface area contributed by atoms with Gasteiger partial charge in [0.15, 0.2) is 0 Å². The summed E-state index contributed by atoms with van der Waals surface area (Å²) in [4.78, 5) is 23.3. The van der Waals surface area contributed by atoms with Gasteiger partial charge in [-0.2, -0.15) is 0 Å². The minimum absolute atomic E-state index is 0.0152. The van der Waals surface area contributed by atoms with Crippen LogP contribution in [-0.4, -0.2) is 22.1 Å². The van der Waals surface area contributed by atoms with E-state index >= 15 is 0 Å². The Morgan fingerprint density at radius 1 is 1.30 bits per heavy atom. The summed E-state index contributed by atoms with van der Waals surface area (Å²) in [6.45, 7) is 7.47. The second-order valence-corrected chi connectivity index (χ2v) is 5.05. The number of hydrogen-bond donors (Lipinski definition) is 2. The summed E-state index contributed by atoms with van der Waals surface area (Å²) in [5.74, 6) is -0.524. The van der Waals surface area contributed by atoms with E-state index in [0.717, 1.165) is 11.3 Å². The Balaban J connectivity index is 2.66. The van der Waals surface area contributed by atoms with E-state index in [0.29, 0.717) is 25.1 Å². The highest BCUT2D eigenvalue weighted by Crippen LogP contribution is 2.30. The molecule has 0 atom stereocenters. The molecule has 0 aliphatic rings. The molecule has 0 radical (unpaired) electrons. The predicted octanol–water partition coefficient (Wildman–Crippen LogP) is 2.19. The van der Waals surface area contributed by atoms with Crippen molar-refractivity contribution in [3.05, 3.63) is 17.0 Å². The van der Waals surface area contributed by atoms with E-state index in [4.69, 9.17) is 4.52 Å². The summed E-state index contributed by atoms with van der Waals surface area (Å²) in [6, 6.07) is 0. The number of carboxylic acid groups (broad SMARTS) is 1. The van der Waals surface area contributed by atoms with Crippen molar-refractivity contribution >= 4 is 11.9 Å². The first-order valence-electron chi connectivity index (χ1n) is 6.78. The molecule has 0 saturated carbocycles. The molecule has 1 aromatic heterocycles. The van der Waals surface area contributed by atoms with Crippen molar-refractivity contribution in [1.82, 2.24) is 10.5 Å². The molecule has 1 amide bonds. The van der Waals surface area contributed by atoms with Crippen LogP contribution in [0.25, 0.3) is 0 Å². The maximum absolute atomic E-state index is 12.0. The third kappa shape index (κ3) is 3.37. The number of amides is 1. The molecular weight excluding hydrogens is 260 g/mol. The zero-order valence-corrected chi connectivity index (χ0v) is 12.4. The van der Waals surface area contributed by atoms with Gasteiger partial charge in [-0.15, -0.1) is 0 Å². The van der Waals surface area contributed by atoms with Crippen molar-refractivity contribution in [3.63, 3.8) is 0 Å². The van der Waals surface area contributed by atoms with Crippen molar-refractivity contribution in [1.29, 1.82) is 0 Å². The van der Waals surface area contributed by atoms with Gasteiger partial charge in [-0.1, -0.05) is 19.0 Å². The van der Waals surface area contributed by atoms with Gasteiger partial charge in [0.1, 0.15) is 5.76 Å². The number of aryl methyl sites for hydroxylation is 2. The number of aliphatic carboxylic acids is 1. The van der Waals surface area contributed by atoms with Gasteiger partial charge < -0.3 is 14.9 Å². The summed E-state index contributed by atoms with van der Waals surface area (Å²) in [7, 11) is 0. The Kier molecular flexibility index (Phi) is 5.30. The average Bonchev–Trinajstić information content (AvgIpc) is 2.73. The van der Waals surface area contributed by atoms with Crippen molar-refractivity contribution in [3.8, 4) is 0 Å². The molecular formula is C14H22N2O4. The Labute approximate surface area is 118 Å². The summed E-state index contributed by atoms with van der Waals surface area (Å²) >= 11 is 0. The molecule has 112 valence electrons. The van der Waals surface area contributed by atoms with E-state index in [9.17, 15) is 14.7 Å². The van der Waals surface area contributed by atoms with Gasteiger partial charge in [-0.25, -0.2) is 0 Å². The molecule has 0 saturated heterocycles. The first-order valence-corrected chi connectivity index (χ1v) is 6.78. The molecule has 0 fully saturated rings. The highest BCUT2D eigenvalue weighted by atomic mass is 16.5. The van der Waals surface area contributed by atoms with Crippen LogP contribution in [0.4, 0.5) is 0 Å². The van der Waals surface area contributed by atoms with E-state index in [2.05, 4.69) is 10.5 Å². The van der Waals surface area contributed by atoms with Crippen LogP contribution in [0.2, 0.25) is 0 Å². The van der Waals surface area contributed by atoms with E-state index in [-0.39, 0.29) is 12.3 Å². The van der Waals surface area contributed by atoms with Crippen LogP contribution in [0, 0.1) is 19.3 Å². The van der Waals surface area contributed by atoms with Crippen LogP contribution in [-0.2, 0) is 16.1 Å². The lowest BCUT2D eigenvalue weighted by Gasteiger charge is -2.25. The van der Waals surface area contributed by atoms with Crippen LogP contribution in [0.3, 0.4) is 0 Å². The van der Waals surface area contributed by atoms with Crippen LogP contribution in [0.1, 0.15) is 50.1 Å². The molecule has 20 heavy (non-hydrogen) atoms. The molecule has 0 aromatic carbocycles. The number of hydrogen-bond acceptors (Lipinski definition) is 4. The fourth-order valence-electron chi connectivity index (χ4n) is 2.19. The minimum atomic E-state index is -0.983. The van der Waals surface area contributed by atoms with Gasteiger partial charge >= 0.3 is 5.97 Å². The molecule has 0 unspecified atom stereocenters. The number of rotatable bonds is 7. The van der Waals surface area contributed by atoms with Gasteiger partial charge in [0.25, 0.3) is 0 Å². The number of nitrogens with one attached hydrogen (secondary N) is 1. The van der Waals surface area contributed by atoms with Crippen LogP contribution < -0.4 is 5.32 Å². The molecule has 0 aliphatic heterocycles. The number of carbonyl (C=O) groups is 2. The maximum Gasteiger partial charge on any atom is 0.310 e. The van der Waals surface area contributed by atoms with Gasteiger partial charge in [-0.05, 0) is 26.7 Å². The topological polar surface area (TPSA) is 92.4 Å². The SMILES string of the molecule is CCC(CC)(CC(=O)NCc1c(C)noc1C)C(=O)O. The number of aromatic nitrogens is 1. The fourth-order valence-corrected chi connectivity index (χ4v) is 2.19. The largest absolute Gasteiger partial charge is 0.481 e. The summed E-state index contributed by atoms with van der Waals surface area (Å²) in [6.07, 6.45) is 0.841. The molecule has 6 nitrogen and oxygen atoms in total. The van der Waals surface area contributed by atoms with Gasteiger partial charge in [-0.3, -0.25) is 9.59 Å². The number of carbonyl (C=O) groups excluding carboxylic acids is 1. The minimum Gasteiger partial charge on any atom is -0.481 e. The lowest BCUT2D eigenvalue weighted by atomic mass is 9.79. The lowest BCUT2D eigenvalue weighted by molar-refractivity contribution is -0.152. The molecule has 1 aromatic rings. The third-order valence-electron chi connectivity index (χ3n) is 3.95. The normalized spacial score (nSPS) is 11.4. The first-order chi connectivity index (χ1) is 9.36. The number of nitrogens with zero attached hydrogens (tertiary/aromatic N) is 1. The third-order valence-corrected chi connectivity index (χ3v) is 3.95. The van der Waals surface area contributed by atoms with E-state index in [1.165, 1.54) is 0 Å². The molecule has 1 heterocycles. The summed E-state index contributed by atoms with van der Waals surface area (Å²) in [5, 5.41) is 15.9. The molecule has 0 bridgehead atoms. The quantitative estimate of drug-likeness (QED) is 0.799. The second-order valence-electron chi connectivity index (χ2n) is 5.05. The Morgan fingerprint density at radius 3 is 2.30 bits per heavy atom. The van der Waals surface area contributed by atoms with Gasteiger partial charge in [0.2, 0.25) is 5.91 Å². The lowest BCUT2D eigenvalue weighted by Crippen LogP contribution is -2.36. The van der Waals surface area contributed by atoms with Crippen molar-refractivity contribution in [2.24, 2.45) is 5.41 Å². The van der Waals surface area contributed by atoms with Gasteiger partial charge in [0, 0.05) is 18.5 Å². The van der Waals surface area contributed by atoms with Crippen molar-refractivity contribution in [2.75, 3.05) is 0 Å². The molecule has 0 spiro atoms. The highest BCUT2D eigenvalue weighted by Gasteiger charge is 2.37. The second kappa shape index (κ2) is 6.54. The zero-order valence-electron chi connectivity index (χ0n) is 12.4. The first kappa shape index (κ1) is 16.2. The Bertz CT molecular complexity index is 470. The van der Waals surface area contributed by atoms with Crippen LogP contribution in [0.15, 0.2) is 4.52 Å².